The Morgan fingerprint density at radius 3 is 2.71 bits per heavy atom. The van der Waals surface area contributed by atoms with E-state index in [1.807, 2.05) is 24.3 Å². The Bertz CT molecular complexity index is 534. The number of rotatable bonds is 5. The van der Waals surface area contributed by atoms with Crippen molar-refractivity contribution in [3.05, 3.63) is 35.9 Å². The normalized spacial score (nSPS) is 14.4. The minimum absolute atomic E-state index is 0.0217. The van der Waals surface area contributed by atoms with Crippen molar-refractivity contribution in [3.8, 4) is 5.75 Å². The summed E-state index contributed by atoms with van der Waals surface area (Å²) in [6.45, 7) is 1.65. The van der Waals surface area contributed by atoms with Crippen LogP contribution in [0.2, 0.25) is 0 Å². The Morgan fingerprint density at radius 2 is 2.00 bits per heavy atom. The van der Waals surface area contributed by atoms with Gasteiger partial charge >= 0.3 is 0 Å². The fraction of sp³-hybridized carbons (Fsp3) is 0.375. The van der Waals surface area contributed by atoms with E-state index in [1.165, 1.54) is 6.08 Å². The highest BCUT2D eigenvalue weighted by atomic mass is 16.5. The maximum absolute atomic E-state index is 11.8. The van der Waals surface area contributed by atoms with Gasteiger partial charge in [-0.2, -0.15) is 0 Å². The summed E-state index contributed by atoms with van der Waals surface area (Å²) in [6, 6.07) is 7.43. The van der Waals surface area contributed by atoms with Crippen LogP contribution in [0, 0.1) is 0 Å². The zero-order chi connectivity index (χ0) is 15.1. The number of nitrogens with one attached hydrogen (secondary N) is 1. The third kappa shape index (κ3) is 4.34. The van der Waals surface area contributed by atoms with E-state index in [0.29, 0.717) is 5.75 Å². The highest BCUT2D eigenvalue weighted by Gasteiger charge is 2.17. The third-order valence-electron chi connectivity index (χ3n) is 3.43. The highest BCUT2D eigenvalue weighted by Crippen LogP contribution is 2.18. The fourth-order valence-electron chi connectivity index (χ4n) is 2.27. The van der Waals surface area contributed by atoms with Gasteiger partial charge in [0.05, 0.1) is 13.7 Å². The molecule has 0 unspecified atom stereocenters. The standard InChI is InChI=1S/C16H20N2O3/c1-21-14-7-3-2-6-13(14)8-9-15(19)17-12-16(20)18-10-4-5-11-18/h2-3,6-9H,4-5,10-12H2,1H3,(H,17,19)/b9-8+. The summed E-state index contributed by atoms with van der Waals surface area (Å²) in [4.78, 5) is 25.3. The molecule has 1 N–H and O–H groups in total. The number of benzene rings is 1. The maximum Gasteiger partial charge on any atom is 0.244 e. The minimum Gasteiger partial charge on any atom is -0.496 e. The molecule has 1 aliphatic heterocycles. The lowest BCUT2D eigenvalue weighted by Crippen LogP contribution is -2.38. The Labute approximate surface area is 124 Å². The Kier molecular flexibility index (Phi) is 5.37. The topological polar surface area (TPSA) is 58.6 Å². The average Bonchev–Trinajstić information content (AvgIpc) is 3.05. The largest absolute Gasteiger partial charge is 0.496 e. The van der Waals surface area contributed by atoms with Crippen molar-refractivity contribution in [3.63, 3.8) is 0 Å². The van der Waals surface area contributed by atoms with Crippen LogP contribution in [0.1, 0.15) is 18.4 Å². The van der Waals surface area contributed by atoms with Crippen LogP contribution in [0.5, 0.6) is 5.75 Å². The lowest BCUT2D eigenvalue weighted by atomic mass is 10.2. The van der Waals surface area contributed by atoms with E-state index in [4.69, 9.17) is 4.74 Å². The molecule has 0 aromatic heterocycles. The van der Waals surface area contributed by atoms with Crippen molar-refractivity contribution in [2.24, 2.45) is 0 Å². The summed E-state index contributed by atoms with van der Waals surface area (Å²) >= 11 is 0. The molecular weight excluding hydrogens is 268 g/mol. The first kappa shape index (κ1) is 15.1. The first-order valence-electron chi connectivity index (χ1n) is 7.07. The highest BCUT2D eigenvalue weighted by molar-refractivity contribution is 5.94. The van der Waals surface area contributed by atoms with Crippen LogP contribution in [-0.2, 0) is 9.59 Å². The zero-order valence-electron chi connectivity index (χ0n) is 12.2. The number of amides is 2. The van der Waals surface area contributed by atoms with Crippen molar-refractivity contribution < 1.29 is 14.3 Å². The number of likely N-dealkylation sites (tertiary alicyclic amines) is 1. The van der Waals surface area contributed by atoms with Crippen LogP contribution in [0.4, 0.5) is 0 Å². The number of methoxy groups -OCH3 is 1. The van der Waals surface area contributed by atoms with Gasteiger partial charge in [0.2, 0.25) is 11.8 Å². The smallest absolute Gasteiger partial charge is 0.244 e. The third-order valence-corrected chi connectivity index (χ3v) is 3.43. The van der Waals surface area contributed by atoms with Crippen molar-refractivity contribution >= 4 is 17.9 Å². The molecule has 1 heterocycles. The second kappa shape index (κ2) is 7.47. The van der Waals surface area contributed by atoms with Crippen LogP contribution in [0.25, 0.3) is 6.08 Å². The molecule has 0 bridgehead atoms. The monoisotopic (exact) mass is 288 g/mol. The van der Waals surface area contributed by atoms with Crippen molar-refractivity contribution in [2.45, 2.75) is 12.8 Å². The molecule has 5 heteroatoms. The van der Waals surface area contributed by atoms with Gasteiger partial charge in [-0.3, -0.25) is 9.59 Å². The van der Waals surface area contributed by atoms with Crippen LogP contribution < -0.4 is 10.1 Å². The molecule has 1 fully saturated rings. The van der Waals surface area contributed by atoms with Crippen LogP contribution in [0.15, 0.2) is 30.3 Å². The van der Waals surface area contributed by atoms with Gasteiger partial charge in [-0.05, 0) is 25.0 Å². The summed E-state index contributed by atoms with van der Waals surface area (Å²) in [7, 11) is 1.58. The summed E-state index contributed by atoms with van der Waals surface area (Å²) in [5, 5.41) is 2.61. The second-order valence-corrected chi connectivity index (χ2v) is 4.88. The molecule has 1 aromatic carbocycles. The van der Waals surface area contributed by atoms with E-state index < -0.39 is 0 Å². The molecule has 2 amide bonds. The van der Waals surface area contributed by atoms with E-state index in [-0.39, 0.29) is 18.4 Å². The summed E-state index contributed by atoms with van der Waals surface area (Å²) in [5.41, 5.74) is 0.820. The lowest BCUT2D eigenvalue weighted by molar-refractivity contribution is -0.131. The number of carbonyl (C=O) groups excluding carboxylic acids is 2. The van der Waals surface area contributed by atoms with Gasteiger partial charge in [-0.15, -0.1) is 0 Å². The maximum atomic E-state index is 11.8. The van der Waals surface area contributed by atoms with Crippen LogP contribution >= 0.6 is 0 Å². The SMILES string of the molecule is COc1ccccc1/C=C/C(=O)NCC(=O)N1CCCC1. The fourth-order valence-corrected chi connectivity index (χ4v) is 2.27. The predicted octanol–water partition coefficient (Wildman–Crippen LogP) is 1.45. The molecule has 112 valence electrons. The van der Waals surface area contributed by atoms with Crippen LogP contribution in [-0.4, -0.2) is 43.5 Å². The molecule has 1 aromatic rings. The van der Waals surface area contributed by atoms with Crippen molar-refractivity contribution in [1.29, 1.82) is 0 Å². The van der Waals surface area contributed by atoms with Crippen molar-refractivity contribution in [1.82, 2.24) is 10.2 Å². The minimum atomic E-state index is -0.284. The number of ether oxygens (including phenoxy) is 1. The van der Waals surface area contributed by atoms with E-state index in [1.54, 1.807) is 18.1 Å². The summed E-state index contributed by atoms with van der Waals surface area (Å²) in [6.07, 6.45) is 5.18. The molecular formula is C16H20N2O3. The molecule has 0 aliphatic carbocycles. The van der Waals surface area contributed by atoms with Gasteiger partial charge in [-0.1, -0.05) is 18.2 Å². The molecule has 0 atom stereocenters. The van der Waals surface area contributed by atoms with E-state index >= 15 is 0 Å². The zero-order valence-corrected chi connectivity index (χ0v) is 12.2. The van der Waals surface area contributed by atoms with Crippen molar-refractivity contribution in [2.75, 3.05) is 26.7 Å². The first-order chi connectivity index (χ1) is 10.2. The Balaban J connectivity index is 1.83. The van der Waals surface area contributed by atoms with E-state index in [2.05, 4.69) is 5.32 Å². The van der Waals surface area contributed by atoms with Gasteiger partial charge in [0.25, 0.3) is 0 Å². The second-order valence-electron chi connectivity index (χ2n) is 4.88. The van der Waals surface area contributed by atoms with Gasteiger partial charge in [-0.25, -0.2) is 0 Å². The van der Waals surface area contributed by atoms with Gasteiger partial charge < -0.3 is 15.0 Å². The number of hydrogen-bond acceptors (Lipinski definition) is 3. The van der Waals surface area contributed by atoms with E-state index in [0.717, 1.165) is 31.5 Å². The number of hydrogen-bond donors (Lipinski definition) is 1. The Morgan fingerprint density at radius 1 is 1.29 bits per heavy atom. The molecule has 1 aliphatic rings. The molecule has 0 radical (unpaired) electrons. The quantitative estimate of drug-likeness (QED) is 0.834. The average molecular weight is 288 g/mol. The summed E-state index contributed by atoms with van der Waals surface area (Å²) in [5.74, 6) is 0.398. The number of para-hydroxylation sites is 1. The summed E-state index contributed by atoms with van der Waals surface area (Å²) < 4.78 is 5.20. The molecule has 0 spiro atoms. The first-order valence-corrected chi connectivity index (χ1v) is 7.07. The molecule has 5 nitrogen and oxygen atoms in total. The van der Waals surface area contributed by atoms with Gasteiger partial charge in [0, 0.05) is 24.7 Å². The molecule has 2 rings (SSSR count). The van der Waals surface area contributed by atoms with Crippen LogP contribution in [0.3, 0.4) is 0 Å². The molecule has 21 heavy (non-hydrogen) atoms. The van der Waals surface area contributed by atoms with E-state index in [9.17, 15) is 9.59 Å². The predicted molar refractivity (Wildman–Crippen MR) is 80.9 cm³/mol. The lowest BCUT2D eigenvalue weighted by Gasteiger charge is -2.14. The number of nitrogens with zero attached hydrogens (tertiary/aromatic N) is 1. The molecule has 1 saturated heterocycles. The van der Waals surface area contributed by atoms with Gasteiger partial charge in [0.15, 0.2) is 0 Å². The Hall–Kier alpha value is -2.30. The van der Waals surface area contributed by atoms with Gasteiger partial charge in [0.1, 0.15) is 5.75 Å². The molecule has 0 saturated carbocycles. The number of carbonyl (C=O) groups is 2.